The molecule has 0 saturated carbocycles. The summed E-state index contributed by atoms with van der Waals surface area (Å²) in [6.07, 6.45) is 2.15. The van der Waals surface area contributed by atoms with E-state index in [4.69, 9.17) is 9.84 Å². The van der Waals surface area contributed by atoms with Crippen molar-refractivity contribution < 1.29 is 19.6 Å². The van der Waals surface area contributed by atoms with Crippen LogP contribution in [0.1, 0.15) is 17.9 Å². The van der Waals surface area contributed by atoms with E-state index in [9.17, 15) is 14.9 Å². The summed E-state index contributed by atoms with van der Waals surface area (Å²) in [7, 11) is 1.51. The third kappa shape index (κ3) is 2.40. The first-order chi connectivity index (χ1) is 9.58. The lowest BCUT2D eigenvalue weighted by molar-refractivity contribution is -0.419. The number of aliphatic hydroxyl groups is 1. The Morgan fingerprint density at radius 1 is 1.45 bits per heavy atom. The molecule has 104 valence electrons. The fourth-order valence-corrected chi connectivity index (χ4v) is 2.25. The number of allylic oxidation sites excluding steroid dienone is 2. The minimum absolute atomic E-state index is 0.0232. The van der Waals surface area contributed by atoms with Crippen molar-refractivity contribution >= 4 is 5.78 Å². The van der Waals surface area contributed by atoms with E-state index in [0.29, 0.717) is 12.0 Å². The van der Waals surface area contributed by atoms with Gasteiger partial charge in [0.2, 0.25) is 0 Å². The summed E-state index contributed by atoms with van der Waals surface area (Å²) < 4.78 is 5.22. The van der Waals surface area contributed by atoms with Crippen LogP contribution in [-0.4, -0.2) is 22.9 Å². The highest BCUT2D eigenvalue weighted by Crippen LogP contribution is 2.36. The molecule has 0 heterocycles. The van der Waals surface area contributed by atoms with E-state index < -0.39 is 16.4 Å². The van der Waals surface area contributed by atoms with Gasteiger partial charge in [-0.3, -0.25) is 14.9 Å². The number of aliphatic hydroxyl groups excluding tert-OH is 1. The minimum Gasteiger partial charge on any atom is -0.515 e. The van der Waals surface area contributed by atoms with Crippen molar-refractivity contribution in [2.75, 3.05) is 7.11 Å². The molecule has 0 saturated heterocycles. The number of carbonyl (C=O) groups is 1. The SMILES string of the molecule is COc1ccccc1C1C=C([N+](=O)[O-])C(=O)C(=CO)C1. The van der Waals surface area contributed by atoms with E-state index in [1.807, 2.05) is 0 Å². The molecule has 0 fully saturated rings. The number of Topliss-reactive ketones (excluding diaryl/α,β-unsaturated/α-hetero) is 1. The van der Waals surface area contributed by atoms with Gasteiger partial charge in [-0.05, 0) is 12.5 Å². The number of carbonyl (C=O) groups excluding carboxylic acids is 1. The van der Waals surface area contributed by atoms with Gasteiger partial charge >= 0.3 is 5.70 Å². The molecule has 6 nitrogen and oxygen atoms in total. The molecule has 0 aromatic heterocycles. The molecule has 1 unspecified atom stereocenters. The number of para-hydroxylation sites is 1. The molecule has 1 aliphatic carbocycles. The topological polar surface area (TPSA) is 89.7 Å². The molecule has 1 atom stereocenters. The fraction of sp³-hybridized carbons (Fsp3) is 0.214. The molecule has 0 radical (unpaired) electrons. The lowest BCUT2D eigenvalue weighted by Crippen LogP contribution is -2.21. The van der Waals surface area contributed by atoms with Gasteiger partial charge in [0.05, 0.1) is 18.3 Å². The molecular weight excluding hydrogens is 262 g/mol. The van der Waals surface area contributed by atoms with Gasteiger partial charge in [-0.2, -0.15) is 0 Å². The number of ether oxygens (including phenoxy) is 1. The Kier molecular flexibility index (Phi) is 3.84. The Labute approximate surface area is 115 Å². The molecule has 2 rings (SSSR count). The summed E-state index contributed by atoms with van der Waals surface area (Å²) in [6.45, 7) is 0. The molecule has 20 heavy (non-hydrogen) atoms. The van der Waals surface area contributed by atoms with Crippen molar-refractivity contribution in [3.8, 4) is 5.75 Å². The summed E-state index contributed by atoms with van der Waals surface area (Å²) in [5, 5.41) is 20.0. The molecule has 1 N–H and O–H groups in total. The quantitative estimate of drug-likeness (QED) is 0.396. The fourth-order valence-electron chi connectivity index (χ4n) is 2.25. The second-order valence-corrected chi connectivity index (χ2v) is 4.35. The third-order valence-electron chi connectivity index (χ3n) is 3.21. The Morgan fingerprint density at radius 2 is 2.15 bits per heavy atom. The van der Waals surface area contributed by atoms with Gasteiger partial charge in [0.25, 0.3) is 5.78 Å². The first-order valence-electron chi connectivity index (χ1n) is 5.95. The van der Waals surface area contributed by atoms with Gasteiger partial charge < -0.3 is 9.84 Å². The number of nitro groups is 1. The average Bonchev–Trinajstić information content (AvgIpc) is 2.47. The zero-order chi connectivity index (χ0) is 14.7. The summed E-state index contributed by atoms with van der Waals surface area (Å²) in [4.78, 5) is 22.0. The first-order valence-corrected chi connectivity index (χ1v) is 5.95. The van der Waals surface area contributed by atoms with Crippen molar-refractivity contribution in [2.24, 2.45) is 0 Å². The smallest absolute Gasteiger partial charge is 0.313 e. The van der Waals surface area contributed by atoms with Gasteiger partial charge in [0, 0.05) is 23.1 Å². The van der Waals surface area contributed by atoms with Crippen molar-refractivity contribution in [1.29, 1.82) is 0 Å². The average molecular weight is 275 g/mol. The maximum Gasteiger partial charge on any atom is 0.313 e. The highest BCUT2D eigenvalue weighted by molar-refractivity contribution is 6.07. The minimum atomic E-state index is -0.747. The van der Waals surface area contributed by atoms with Crippen molar-refractivity contribution in [2.45, 2.75) is 12.3 Å². The standard InChI is InChI=1S/C14H13NO5/c1-20-13-5-3-2-4-11(13)9-6-10(8-16)14(17)12(7-9)15(18)19/h2-5,7-9,16H,6H2,1H3. The predicted octanol–water partition coefficient (Wildman–Crippen LogP) is 2.35. The molecule has 1 aliphatic rings. The van der Waals surface area contributed by atoms with Crippen LogP contribution in [-0.2, 0) is 4.79 Å². The van der Waals surface area contributed by atoms with Crippen LogP contribution >= 0.6 is 0 Å². The number of benzene rings is 1. The van der Waals surface area contributed by atoms with Crippen LogP contribution in [0, 0.1) is 10.1 Å². The molecule has 6 heteroatoms. The van der Waals surface area contributed by atoms with Crippen LogP contribution < -0.4 is 4.74 Å². The van der Waals surface area contributed by atoms with Gasteiger partial charge in [-0.25, -0.2) is 0 Å². The van der Waals surface area contributed by atoms with Crippen LogP contribution in [0.2, 0.25) is 0 Å². The lowest BCUT2D eigenvalue weighted by atomic mass is 9.84. The Morgan fingerprint density at radius 3 is 2.75 bits per heavy atom. The number of ketones is 1. The molecular formula is C14H13NO5. The summed E-state index contributed by atoms with van der Waals surface area (Å²) in [5.41, 5.74) is 0.240. The number of nitrogens with zero attached hydrogens (tertiary/aromatic N) is 1. The zero-order valence-electron chi connectivity index (χ0n) is 10.8. The number of rotatable bonds is 3. The van der Waals surface area contributed by atoms with E-state index in [0.717, 1.165) is 5.56 Å². The van der Waals surface area contributed by atoms with Crippen LogP contribution in [0.15, 0.2) is 47.9 Å². The monoisotopic (exact) mass is 275 g/mol. The summed E-state index contributed by atoms with van der Waals surface area (Å²) in [6, 6.07) is 7.10. The third-order valence-corrected chi connectivity index (χ3v) is 3.21. The maximum atomic E-state index is 11.8. The summed E-state index contributed by atoms with van der Waals surface area (Å²) >= 11 is 0. The van der Waals surface area contributed by atoms with Gasteiger partial charge in [0.15, 0.2) is 0 Å². The second-order valence-electron chi connectivity index (χ2n) is 4.35. The largest absolute Gasteiger partial charge is 0.515 e. The van der Waals surface area contributed by atoms with Crippen molar-refractivity contribution in [3.63, 3.8) is 0 Å². The predicted molar refractivity (Wildman–Crippen MR) is 71.1 cm³/mol. The molecule has 1 aromatic carbocycles. The van der Waals surface area contributed by atoms with Crippen LogP contribution in [0.25, 0.3) is 0 Å². The zero-order valence-corrected chi connectivity index (χ0v) is 10.8. The maximum absolute atomic E-state index is 11.8. The highest BCUT2D eigenvalue weighted by atomic mass is 16.6. The van der Waals surface area contributed by atoms with Crippen molar-refractivity contribution in [3.05, 3.63) is 63.6 Å². The van der Waals surface area contributed by atoms with Gasteiger partial charge in [0.1, 0.15) is 5.75 Å². The number of hydrogen-bond donors (Lipinski definition) is 1. The molecule has 0 aliphatic heterocycles. The molecule has 0 amide bonds. The van der Waals surface area contributed by atoms with Gasteiger partial charge in [-0.15, -0.1) is 0 Å². The van der Waals surface area contributed by atoms with E-state index >= 15 is 0 Å². The van der Waals surface area contributed by atoms with Crippen molar-refractivity contribution in [1.82, 2.24) is 0 Å². The van der Waals surface area contributed by atoms with Gasteiger partial charge in [-0.1, -0.05) is 18.2 Å². The molecule has 0 bridgehead atoms. The second kappa shape index (κ2) is 5.56. The number of hydrogen-bond acceptors (Lipinski definition) is 5. The van der Waals surface area contributed by atoms with Crippen LogP contribution in [0.4, 0.5) is 0 Å². The Hall–Kier alpha value is -2.63. The lowest BCUT2D eigenvalue weighted by Gasteiger charge is -2.20. The van der Waals surface area contributed by atoms with E-state index in [2.05, 4.69) is 0 Å². The van der Waals surface area contributed by atoms with E-state index in [-0.39, 0.29) is 17.9 Å². The Bertz CT molecular complexity index is 618. The first kappa shape index (κ1) is 13.8. The molecule has 1 aromatic rings. The van der Waals surface area contributed by atoms with Crippen LogP contribution in [0.3, 0.4) is 0 Å². The number of methoxy groups -OCH3 is 1. The van der Waals surface area contributed by atoms with E-state index in [1.165, 1.54) is 13.2 Å². The highest BCUT2D eigenvalue weighted by Gasteiger charge is 2.34. The van der Waals surface area contributed by atoms with Crippen LogP contribution in [0.5, 0.6) is 5.75 Å². The van der Waals surface area contributed by atoms with E-state index in [1.54, 1.807) is 24.3 Å². The summed E-state index contributed by atoms with van der Waals surface area (Å²) in [5.74, 6) is -0.547. The Balaban J connectivity index is 2.51. The normalized spacial score (nSPS) is 20.6. The molecule has 0 spiro atoms.